The van der Waals surface area contributed by atoms with Gasteiger partial charge >= 0.3 is 0 Å². The van der Waals surface area contributed by atoms with E-state index in [-0.39, 0.29) is 0 Å². The molecule has 136 valence electrons. The molecule has 1 atom stereocenters. The van der Waals surface area contributed by atoms with Crippen LogP contribution in [-0.4, -0.2) is 55.6 Å². The third kappa shape index (κ3) is 3.99. The summed E-state index contributed by atoms with van der Waals surface area (Å²) in [4.78, 5) is 6.80. The maximum atomic E-state index is 11.1. The van der Waals surface area contributed by atoms with Crippen LogP contribution in [0.4, 0.5) is 0 Å². The van der Waals surface area contributed by atoms with Crippen LogP contribution in [0, 0.1) is 13.8 Å². The minimum Gasteiger partial charge on any atom is -0.481 e. The van der Waals surface area contributed by atoms with Crippen molar-refractivity contribution < 1.29 is 9.84 Å². The summed E-state index contributed by atoms with van der Waals surface area (Å²) in [5.41, 5.74) is 2.61. The van der Waals surface area contributed by atoms with Gasteiger partial charge in [0, 0.05) is 38.3 Å². The van der Waals surface area contributed by atoms with Crippen LogP contribution in [-0.2, 0) is 20.0 Å². The first kappa shape index (κ1) is 17.8. The smallest absolute Gasteiger partial charge is 0.213 e. The summed E-state index contributed by atoms with van der Waals surface area (Å²) in [5, 5.41) is 19.1. The normalized spacial score (nSPS) is 21.5. The van der Waals surface area contributed by atoms with Crippen molar-refractivity contribution in [2.24, 2.45) is 7.05 Å². The molecule has 1 unspecified atom stereocenters. The SMILES string of the molecule is COc1cc(C)c(CN2CCCC(O)(Cc3nncn3C)C2)c(C)n1. The van der Waals surface area contributed by atoms with Gasteiger partial charge in [-0.3, -0.25) is 4.90 Å². The summed E-state index contributed by atoms with van der Waals surface area (Å²) in [7, 11) is 3.55. The van der Waals surface area contributed by atoms with Crippen LogP contribution in [0.15, 0.2) is 12.4 Å². The monoisotopic (exact) mass is 345 g/mol. The van der Waals surface area contributed by atoms with Gasteiger partial charge in [-0.05, 0) is 44.4 Å². The first-order valence-corrected chi connectivity index (χ1v) is 8.69. The molecule has 1 aliphatic heterocycles. The van der Waals surface area contributed by atoms with Gasteiger partial charge < -0.3 is 14.4 Å². The largest absolute Gasteiger partial charge is 0.481 e. The standard InChI is InChI=1S/C18H27N5O2/c1-13-8-17(25-4)20-14(2)15(13)10-23-7-5-6-18(24,11-23)9-16-21-19-12-22(16)3/h8,12,24H,5-7,9-11H2,1-4H3. The van der Waals surface area contributed by atoms with Crippen LogP contribution in [0.3, 0.4) is 0 Å². The quantitative estimate of drug-likeness (QED) is 0.883. The molecule has 7 heteroatoms. The summed E-state index contributed by atoms with van der Waals surface area (Å²) in [5.74, 6) is 1.47. The molecular weight excluding hydrogens is 318 g/mol. The molecule has 0 amide bonds. The highest BCUT2D eigenvalue weighted by Crippen LogP contribution is 2.27. The lowest BCUT2D eigenvalue weighted by molar-refractivity contribution is -0.0346. The second-order valence-electron chi connectivity index (χ2n) is 7.12. The molecular formula is C18H27N5O2. The molecule has 0 saturated carbocycles. The van der Waals surface area contributed by atoms with Crippen LogP contribution >= 0.6 is 0 Å². The van der Waals surface area contributed by atoms with Crippen molar-refractivity contribution in [1.82, 2.24) is 24.6 Å². The number of piperidine rings is 1. The van der Waals surface area contributed by atoms with E-state index in [1.807, 2.05) is 24.6 Å². The summed E-state index contributed by atoms with van der Waals surface area (Å²) in [6, 6.07) is 1.97. The Balaban J connectivity index is 1.73. The summed E-state index contributed by atoms with van der Waals surface area (Å²) >= 11 is 0. The fraction of sp³-hybridized carbons (Fsp3) is 0.611. The molecule has 0 spiro atoms. The number of pyridine rings is 1. The van der Waals surface area contributed by atoms with Gasteiger partial charge in [-0.25, -0.2) is 4.98 Å². The van der Waals surface area contributed by atoms with E-state index in [9.17, 15) is 5.11 Å². The van der Waals surface area contributed by atoms with Crippen LogP contribution in [0.25, 0.3) is 0 Å². The van der Waals surface area contributed by atoms with Gasteiger partial charge in [0.1, 0.15) is 12.2 Å². The summed E-state index contributed by atoms with van der Waals surface area (Å²) in [6.07, 6.45) is 3.96. The minimum atomic E-state index is -0.763. The molecule has 1 aliphatic rings. The van der Waals surface area contributed by atoms with Gasteiger partial charge in [0.2, 0.25) is 5.88 Å². The number of nitrogens with zero attached hydrogens (tertiary/aromatic N) is 5. The predicted octanol–water partition coefficient (Wildman–Crippen LogP) is 1.41. The molecule has 0 aromatic carbocycles. The second kappa shape index (κ2) is 7.09. The fourth-order valence-corrected chi connectivity index (χ4v) is 3.64. The average Bonchev–Trinajstić information content (AvgIpc) is 2.95. The number of aliphatic hydroxyl groups is 1. The fourth-order valence-electron chi connectivity index (χ4n) is 3.64. The first-order chi connectivity index (χ1) is 11.9. The Kier molecular flexibility index (Phi) is 5.06. The minimum absolute atomic E-state index is 0.527. The highest BCUT2D eigenvalue weighted by molar-refractivity contribution is 5.33. The Hall–Kier alpha value is -1.99. The number of aromatic nitrogens is 4. The molecule has 0 aliphatic carbocycles. The highest BCUT2D eigenvalue weighted by Gasteiger charge is 2.35. The van der Waals surface area contributed by atoms with Crippen molar-refractivity contribution in [2.75, 3.05) is 20.2 Å². The van der Waals surface area contributed by atoms with Crippen molar-refractivity contribution in [1.29, 1.82) is 0 Å². The van der Waals surface area contributed by atoms with Gasteiger partial charge in [0.25, 0.3) is 0 Å². The van der Waals surface area contributed by atoms with Gasteiger partial charge in [-0.1, -0.05) is 0 Å². The number of rotatable bonds is 5. The molecule has 1 N–H and O–H groups in total. The lowest BCUT2D eigenvalue weighted by atomic mass is 9.89. The molecule has 1 fully saturated rings. The summed E-state index contributed by atoms with van der Waals surface area (Å²) in [6.45, 7) is 6.50. The zero-order valence-corrected chi connectivity index (χ0v) is 15.5. The predicted molar refractivity (Wildman–Crippen MR) is 94.4 cm³/mol. The zero-order chi connectivity index (χ0) is 18.0. The third-order valence-corrected chi connectivity index (χ3v) is 5.05. The lowest BCUT2D eigenvalue weighted by Crippen LogP contribution is -2.49. The van der Waals surface area contributed by atoms with Crippen molar-refractivity contribution in [3.8, 4) is 5.88 Å². The average molecular weight is 345 g/mol. The van der Waals surface area contributed by atoms with Gasteiger partial charge in [0.15, 0.2) is 0 Å². The second-order valence-corrected chi connectivity index (χ2v) is 7.12. The van der Waals surface area contributed by atoms with E-state index in [1.165, 1.54) is 11.1 Å². The van der Waals surface area contributed by atoms with Gasteiger partial charge in [0.05, 0.1) is 12.7 Å². The molecule has 3 heterocycles. The molecule has 2 aromatic rings. The lowest BCUT2D eigenvalue weighted by Gasteiger charge is -2.39. The molecule has 1 saturated heterocycles. The Morgan fingerprint density at radius 3 is 2.80 bits per heavy atom. The van der Waals surface area contributed by atoms with E-state index in [2.05, 4.69) is 27.0 Å². The van der Waals surface area contributed by atoms with Crippen LogP contribution in [0.2, 0.25) is 0 Å². The highest BCUT2D eigenvalue weighted by atomic mass is 16.5. The van der Waals surface area contributed by atoms with Gasteiger partial charge in [-0.15, -0.1) is 10.2 Å². The van der Waals surface area contributed by atoms with E-state index in [0.717, 1.165) is 37.4 Å². The van der Waals surface area contributed by atoms with Crippen molar-refractivity contribution in [2.45, 2.75) is 45.3 Å². The van der Waals surface area contributed by atoms with E-state index in [1.54, 1.807) is 13.4 Å². The molecule has 3 rings (SSSR count). The molecule has 25 heavy (non-hydrogen) atoms. The van der Waals surface area contributed by atoms with E-state index in [0.29, 0.717) is 18.8 Å². The van der Waals surface area contributed by atoms with Crippen LogP contribution in [0.5, 0.6) is 5.88 Å². The van der Waals surface area contributed by atoms with Crippen molar-refractivity contribution >= 4 is 0 Å². The number of likely N-dealkylation sites (tertiary alicyclic amines) is 1. The van der Waals surface area contributed by atoms with Crippen molar-refractivity contribution in [3.63, 3.8) is 0 Å². The topological polar surface area (TPSA) is 76.3 Å². The number of aryl methyl sites for hydroxylation is 3. The molecule has 0 radical (unpaired) electrons. The Labute approximate surface area is 148 Å². The van der Waals surface area contributed by atoms with Gasteiger partial charge in [-0.2, -0.15) is 0 Å². The molecule has 2 aromatic heterocycles. The Bertz CT molecular complexity index is 722. The third-order valence-electron chi connectivity index (χ3n) is 5.05. The van der Waals surface area contributed by atoms with Crippen LogP contribution < -0.4 is 4.74 Å². The number of hydrogen-bond donors (Lipinski definition) is 1. The van der Waals surface area contributed by atoms with Crippen molar-refractivity contribution in [3.05, 3.63) is 35.0 Å². The van der Waals surface area contributed by atoms with Crippen LogP contribution in [0.1, 0.15) is 35.5 Å². The molecule has 0 bridgehead atoms. The van der Waals surface area contributed by atoms with E-state index in [4.69, 9.17) is 4.74 Å². The number of β-amino-alcohol motifs (C(OH)–C–C–N with tert-alkyl or cyclic N) is 1. The first-order valence-electron chi connectivity index (χ1n) is 8.69. The maximum absolute atomic E-state index is 11.1. The van der Waals surface area contributed by atoms with E-state index >= 15 is 0 Å². The Morgan fingerprint density at radius 2 is 2.16 bits per heavy atom. The number of methoxy groups -OCH3 is 1. The maximum Gasteiger partial charge on any atom is 0.213 e. The number of hydrogen-bond acceptors (Lipinski definition) is 6. The summed E-state index contributed by atoms with van der Waals surface area (Å²) < 4.78 is 7.12. The number of ether oxygens (including phenoxy) is 1. The Morgan fingerprint density at radius 1 is 1.36 bits per heavy atom. The van der Waals surface area contributed by atoms with E-state index < -0.39 is 5.60 Å². The molecule has 7 nitrogen and oxygen atoms in total. The zero-order valence-electron chi connectivity index (χ0n) is 15.5.